The van der Waals surface area contributed by atoms with Crippen molar-refractivity contribution in [1.29, 1.82) is 0 Å². The predicted octanol–water partition coefficient (Wildman–Crippen LogP) is 4.27. The molecule has 2 heterocycles. The topological polar surface area (TPSA) is 29.5 Å². The predicted molar refractivity (Wildman–Crippen MR) is 110 cm³/mol. The second kappa shape index (κ2) is 7.36. The van der Waals surface area contributed by atoms with Crippen molar-refractivity contribution in [2.75, 3.05) is 19.7 Å². The normalized spacial score (nSPS) is 23.1. The minimum absolute atomic E-state index is 0.171. The third-order valence-electron chi connectivity index (χ3n) is 7.09. The lowest BCUT2D eigenvalue weighted by molar-refractivity contribution is -0.141. The van der Waals surface area contributed by atoms with Crippen LogP contribution in [0, 0.1) is 5.92 Å². The number of fused-ring (bicyclic) bond motifs is 3. The number of ether oxygens (including phenoxy) is 1. The van der Waals surface area contributed by atoms with E-state index in [0.29, 0.717) is 18.2 Å². The average molecular weight is 376 g/mol. The number of rotatable bonds is 2. The number of carbonyl (C=O) groups is 1. The van der Waals surface area contributed by atoms with Crippen LogP contribution in [-0.2, 0) is 34.4 Å². The number of nitrogens with zero attached hydrogens (tertiary/aromatic N) is 1. The third-order valence-corrected chi connectivity index (χ3v) is 7.09. The van der Waals surface area contributed by atoms with E-state index in [2.05, 4.69) is 53.4 Å². The van der Waals surface area contributed by atoms with Gasteiger partial charge in [-0.3, -0.25) is 4.79 Å². The molecule has 0 bridgehead atoms. The zero-order chi connectivity index (χ0) is 19.0. The Labute approximate surface area is 167 Å². The smallest absolute Gasteiger partial charge is 0.222 e. The van der Waals surface area contributed by atoms with E-state index < -0.39 is 0 Å². The average Bonchev–Trinajstić information content (AvgIpc) is 2.74. The number of benzene rings is 2. The van der Waals surface area contributed by atoms with Gasteiger partial charge in [-0.25, -0.2) is 0 Å². The standard InChI is InChI=1S/C25H29NO2/c27-24(18-19-9-10-20-5-1-2-7-22(20)17-19)26-14-12-25(13-15-26)23-8-4-3-6-21(23)11-16-28-25/h1-8,19H,9-18H2. The molecule has 2 aromatic carbocycles. The maximum atomic E-state index is 13.0. The van der Waals surface area contributed by atoms with Gasteiger partial charge in [-0.1, -0.05) is 48.5 Å². The van der Waals surface area contributed by atoms with Crippen molar-refractivity contribution >= 4 is 5.91 Å². The molecular formula is C25H29NO2. The summed E-state index contributed by atoms with van der Waals surface area (Å²) < 4.78 is 6.31. The fourth-order valence-corrected chi connectivity index (χ4v) is 5.47. The van der Waals surface area contributed by atoms with Gasteiger partial charge < -0.3 is 9.64 Å². The lowest BCUT2D eigenvalue weighted by Gasteiger charge is -2.45. The van der Waals surface area contributed by atoms with Crippen LogP contribution < -0.4 is 0 Å². The third kappa shape index (κ3) is 3.26. The minimum Gasteiger partial charge on any atom is -0.370 e. The van der Waals surface area contributed by atoms with Gasteiger partial charge in [0.1, 0.15) is 0 Å². The van der Waals surface area contributed by atoms with E-state index in [4.69, 9.17) is 4.74 Å². The molecule has 1 fully saturated rings. The molecule has 1 amide bonds. The van der Waals surface area contributed by atoms with Crippen LogP contribution in [0.4, 0.5) is 0 Å². The van der Waals surface area contributed by atoms with Crippen LogP contribution in [0.1, 0.15) is 47.9 Å². The Kier molecular flexibility index (Phi) is 4.72. The number of carbonyl (C=O) groups excluding carboxylic acids is 1. The number of hydrogen-bond donors (Lipinski definition) is 0. The molecule has 0 saturated carbocycles. The van der Waals surface area contributed by atoms with Crippen LogP contribution in [0.2, 0.25) is 0 Å². The van der Waals surface area contributed by atoms with Crippen molar-refractivity contribution in [1.82, 2.24) is 4.90 Å². The number of likely N-dealkylation sites (tertiary alicyclic amines) is 1. The Morgan fingerprint density at radius 3 is 2.50 bits per heavy atom. The molecule has 1 saturated heterocycles. The van der Waals surface area contributed by atoms with Crippen LogP contribution >= 0.6 is 0 Å². The summed E-state index contributed by atoms with van der Waals surface area (Å²) in [6.45, 7) is 2.43. The van der Waals surface area contributed by atoms with Gasteiger partial charge in [-0.15, -0.1) is 0 Å². The molecule has 3 nitrogen and oxygen atoms in total. The summed E-state index contributed by atoms with van der Waals surface area (Å²) in [5.74, 6) is 0.827. The van der Waals surface area contributed by atoms with Crippen molar-refractivity contribution in [3.63, 3.8) is 0 Å². The molecule has 0 N–H and O–H groups in total. The van der Waals surface area contributed by atoms with Crippen LogP contribution in [-0.4, -0.2) is 30.5 Å². The molecule has 2 aromatic rings. The van der Waals surface area contributed by atoms with E-state index in [1.807, 2.05) is 0 Å². The fourth-order valence-electron chi connectivity index (χ4n) is 5.47. The number of amides is 1. The van der Waals surface area contributed by atoms with E-state index in [0.717, 1.165) is 58.2 Å². The van der Waals surface area contributed by atoms with E-state index >= 15 is 0 Å². The lowest BCUT2D eigenvalue weighted by Crippen LogP contribution is -2.48. The second-order valence-electron chi connectivity index (χ2n) is 8.71. The lowest BCUT2D eigenvalue weighted by atomic mass is 9.79. The highest BCUT2D eigenvalue weighted by Gasteiger charge is 2.41. The molecule has 146 valence electrons. The van der Waals surface area contributed by atoms with Crippen molar-refractivity contribution < 1.29 is 9.53 Å². The monoisotopic (exact) mass is 375 g/mol. The van der Waals surface area contributed by atoms with Gasteiger partial charge in [0.15, 0.2) is 0 Å². The Morgan fingerprint density at radius 1 is 0.964 bits per heavy atom. The Bertz CT molecular complexity index is 866. The maximum Gasteiger partial charge on any atom is 0.222 e. The van der Waals surface area contributed by atoms with Crippen molar-refractivity contribution in [3.05, 3.63) is 70.8 Å². The first-order chi connectivity index (χ1) is 13.7. The largest absolute Gasteiger partial charge is 0.370 e. The zero-order valence-corrected chi connectivity index (χ0v) is 16.5. The van der Waals surface area contributed by atoms with Crippen LogP contribution in [0.3, 0.4) is 0 Å². The highest BCUT2D eigenvalue weighted by atomic mass is 16.5. The first kappa shape index (κ1) is 17.9. The second-order valence-corrected chi connectivity index (χ2v) is 8.71. The summed E-state index contributed by atoms with van der Waals surface area (Å²) in [6.07, 6.45) is 6.84. The van der Waals surface area contributed by atoms with Gasteiger partial charge in [0.2, 0.25) is 5.91 Å². The van der Waals surface area contributed by atoms with Crippen molar-refractivity contribution in [2.45, 2.75) is 50.5 Å². The van der Waals surface area contributed by atoms with E-state index in [-0.39, 0.29) is 5.60 Å². The molecule has 1 aliphatic carbocycles. The zero-order valence-electron chi connectivity index (χ0n) is 16.5. The summed E-state index contributed by atoms with van der Waals surface area (Å²) >= 11 is 0. The molecule has 3 aliphatic rings. The number of piperidine rings is 1. The van der Waals surface area contributed by atoms with Crippen molar-refractivity contribution in [3.8, 4) is 0 Å². The first-order valence-corrected chi connectivity index (χ1v) is 10.8. The quantitative estimate of drug-likeness (QED) is 0.784. The highest BCUT2D eigenvalue weighted by Crippen LogP contribution is 2.41. The molecule has 1 spiro atoms. The van der Waals surface area contributed by atoms with E-state index in [9.17, 15) is 4.79 Å². The molecule has 28 heavy (non-hydrogen) atoms. The van der Waals surface area contributed by atoms with Crippen molar-refractivity contribution in [2.24, 2.45) is 5.92 Å². The first-order valence-electron chi connectivity index (χ1n) is 10.8. The fraction of sp³-hybridized carbons (Fsp3) is 0.480. The summed E-state index contributed by atoms with van der Waals surface area (Å²) in [5, 5.41) is 0. The van der Waals surface area contributed by atoms with E-state index in [1.54, 1.807) is 0 Å². The summed E-state index contributed by atoms with van der Waals surface area (Å²) in [4.78, 5) is 15.1. The van der Waals surface area contributed by atoms with Gasteiger partial charge in [-0.2, -0.15) is 0 Å². The van der Waals surface area contributed by atoms with E-state index in [1.165, 1.54) is 22.3 Å². The van der Waals surface area contributed by atoms with Gasteiger partial charge in [-0.05, 0) is 66.7 Å². The van der Waals surface area contributed by atoms with Gasteiger partial charge >= 0.3 is 0 Å². The van der Waals surface area contributed by atoms with Crippen LogP contribution in [0.15, 0.2) is 48.5 Å². The minimum atomic E-state index is -0.171. The Hall–Kier alpha value is -2.13. The van der Waals surface area contributed by atoms with Gasteiger partial charge in [0.05, 0.1) is 12.2 Å². The van der Waals surface area contributed by atoms with Crippen LogP contribution in [0.25, 0.3) is 0 Å². The van der Waals surface area contributed by atoms with Gasteiger partial charge in [0, 0.05) is 19.5 Å². The molecule has 2 aliphatic heterocycles. The number of hydrogen-bond acceptors (Lipinski definition) is 2. The summed E-state index contributed by atoms with van der Waals surface area (Å²) in [7, 11) is 0. The highest BCUT2D eigenvalue weighted by molar-refractivity contribution is 5.76. The molecular weight excluding hydrogens is 346 g/mol. The molecule has 1 unspecified atom stereocenters. The molecule has 5 rings (SSSR count). The molecule has 0 aromatic heterocycles. The molecule has 1 atom stereocenters. The van der Waals surface area contributed by atoms with Gasteiger partial charge in [0.25, 0.3) is 0 Å². The molecule has 0 radical (unpaired) electrons. The maximum absolute atomic E-state index is 13.0. The Balaban J connectivity index is 1.22. The SMILES string of the molecule is O=C(CC1CCc2ccccc2C1)N1CCC2(CC1)OCCc1ccccc12. The summed E-state index contributed by atoms with van der Waals surface area (Å²) in [6, 6.07) is 17.4. The molecule has 3 heteroatoms. The summed E-state index contributed by atoms with van der Waals surface area (Å²) in [5.41, 5.74) is 5.53. The Morgan fingerprint density at radius 2 is 1.68 bits per heavy atom. The number of aryl methyl sites for hydroxylation is 1. The van der Waals surface area contributed by atoms with Crippen LogP contribution in [0.5, 0.6) is 0 Å².